The second kappa shape index (κ2) is 11.9. The van der Waals surface area contributed by atoms with Crippen molar-refractivity contribution >= 4 is 18.2 Å². The van der Waals surface area contributed by atoms with Gasteiger partial charge < -0.3 is 9.16 Å². The van der Waals surface area contributed by atoms with Crippen LogP contribution < -0.4 is 0 Å². The number of ether oxygens (including phenoxy) is 1. The van der Waals surface area contributed by atoms with E-state index in [0.29, 0.717) is 5.69 Å². The fourth-order valence-corrected chi connectivity index (χ4v) is 6.59. The monoisotopic (exact) mass is 522 g/mol. The van der Waals surface area contributed by atoms with Crippen LogP contribution in [-0.4, -0.2) is 62.0 Å². The average Bonchev–Trinajstić information content (AvgIpc) is 3.28. The highest BCUT2D eigenvalue weighted by atomic mass is 32.2. The van der Waals surface area contributed by atoms with E-state index < -0.39 is 18.2 Å². The normalized spacial score (nSPS) is 16.8. The Morgan fingerprint density at radius 2 is 1.74 bits per heavy atom. The Bertz CT molecular complexity index is 1060. The van der Waals surface area contributed by atoms with E-state index in [4.69, 9.17) is 9.16 Å². The van der Waals surface area contributed by atoms with Crippen LogP contribution in [0.1, 0.15) is 48.0 Å². The number of methoxy groups -OCH3 is 1. The number of para-hydroxylation sites is 1. The molecule has 0 radical (unpaired) electrons. The molecular weight excluding hydrogens is 480 g/mol. The summed E-state index contributed by atoms with van der Waals surface area (Å²) in [5, 5.41) is 11.2. The lowest BCUT2D eigenvalue weighted by atomic mass is 9.99. The zero-order valence-electron chi connectivity index (χ0n) is 22.6. The van der Waals surface area contributed by atoms with Gasteiger partial charge in [-0.3, -0.25) is 0 Å². The maximum absolute atomic E-state index is 13.5. The number of sulfone groups is 1. The highest BCUT2D eigenvalue weighted by molar-refractivity contribution is 7.91. The molecule has 0 saturated heterocycles. The summed E-state index contributed by atoms with van der Waals surface area (Å²) in [6, 6.07) is 9.02. The summed E-state index contributed by atoms with van der Waals surface area (Å²) in [5.41, 5.74) is 0.594. The number of rotatable bonds is 12. The first kappa shape index (κ1) is 29.3. The fourth-order valence-electron chi connectivity index (χ4n) is 3.64. The van der Waals surface area contributed by atoms with Crippen LogP contribution in [0, 0.1) is 11.8 Å². The molecule has 0 saturated carbocycles. The highest BCUT2D eigenvalue weighted by Crippen LogP contribution is 2.38. The zero-order chi connectivity index (χ0) is 26.4. The molecular formula is C25H42N4O4SSi. The van der Waals surface area contributed by atoms with Gasteiger partial charge in [0.15, 0.2) is 8.32 Å². The average molecular weight is 523 g/mol. The number of aromatic nitrogens is 4. The summed E-state index contributed by atoms with van der Waals surface area (Å²) in [6.07, 6.45) is 4.72. The third-order valence-corrected chi connectivity index (χ3v) is 13.1. The minimum absolute atomic E-state index is 0.0147. The van der Waals surface area contributed by atoms with Crippen molar-refractivity contribution in [2.24, 2.45) is 11.8 Å². The highest BCUT2D eigenvalue weighted by Gasteiger charge is 2.40. The molecule has 0 N–H and O–H groups in total. The first-order valence-corrected chi connectivity index (χ1v) is 16.7. The van der Waals surface area contributed by atoms with Gasteiger partial charge in [0.1, 0.15) is 0 Å². The van der Waals surface area contributed by atoms with Crippen LogP contribution in [0.3, 0.4) is 0 Å². The molecule has 0 aliphatic heterocycles. The molecule has 2 aromatic rings. The first-order chi connectivity index (χ1) is 16.2. The van der Waals surface area contributed by atoms with Crippen LogP contribution in [-0.2, 0) is 19.0 Å². The molecule has 10 heteroatoms. The summed E-state index contributed by atoms with van der Waals surface area (Å²) >= 11 is 0. The fraction of sp³-hybridized carbons (Fsp3) is 0.640. The van der Waals surface area contributed by atoms with Crippen LogP contribution >= 0.6 is 0 Å². The molecule has 1 aromatic carbocycles. The minimum Gasteiger partial charge on any atom is -0.410 e. The van der Waals surface area contributed by atoms with Crippen LogP contribution in [0.15, 0.2) is 47.6 Å². The van der Waals surface area contributed by atoms with Crippen LogP contribution in [0.2, 0.25) is 18.1 Å². The predicted molar refractivity (Wildman–Crippen MR) is 142 cm³/mol. The molecule has 1 heterocycles. The van der Waals surface area contributed by atoms with E-state index in [-0.39, 0.29) is 40.0 Å². The van der Waals surface area contributed by atoms with Gasteiger partial charge in [-0.05, 0) is 53.0 Å². The topological polar surface area (TPSA) is 96.2 Å². The quantitative estimate of drug-likeness (QED) is 0.283. The van der Waals surface area contributed by atoms with Crippen molar-refractivity contribution in [1.82, 2.24) is 20.2 Å². The number of benzene rings is 1. The van der Waals surface area contributed by atoms with Gasteiger partial charge >= 0.3 is 0 Å². The van der Waals surface area contributed by atoms with E-state index >= 15 is 0 Å². The second-order valence-electron chi connectivity index (χ2n) is 10.7. The maximum Gasteiger partial charge on any atom is 0.272 e. The molecule has 4 unspecified atom stereocenters. The van der Waals surface area contributed by atoms with Crippen molar-refractivity contribution in [1.29, 1.82) is 0 Å². The molecule has 196 valence electrons. The number of hydrogen-bond acceptors (Lipinski definition) is 7. The smallest absolute Gasteiger partial charge is 0.272 e. The third-order valence-electron chi connectivity index (χ3n) is 6.90. The lowest BCUT2D eigenvalue weighted by Crippen LogP contribution is -2.45. The molecule has 0 amide bonds. The van der Waals surface area contributed by atoms with Gasteiger partial charge in [0, 0.05) is 13.0 Å². The SMILES string of the molecule is CCC(OC)C(C)/C=C/C(O[Si](C)(C)C(C)(C)C)C(C)CS(=O)(=O)c1nnnn1-c1ccccc1. The van der Waals surface area contributed by atoms with E-state index in [0.717, 1.165) is 6.42 Å². The lowest BCUT2D eigenvalue weighted by Gasteiger charge is -2.40. The van der Waals surface area contributed by atoms with Gasteiger partial charge in [0.25, 0.3) is 5.16 Å². The molecule has 2 rings (SSSR count). The molecule has 8 nitrogen and oxygen atoms in total. The number of nitrogens with zero attached hydrogens (tertiary/aromatic N) is 4. The van der Waals surface area contributed by atoms with Gasteiger partial charge in [-0.1, -0.05) is 77.0 Å². The van der Waals surface area contributed by atoms with Crippen molar-refractivity contribution < 1.29 is 17.6 Å². The van der Waals surface area contributed by atoms with E-state index in [2.05, 4.69) is 69.3 Å². The van der Waals surface area contributed by atoms with E-state index in [1.807, 2.05) is 31.2 Å². The van der Waals surface area contributed by atoms with Gasteiger partial charge in [0.2, 0.25) is 9.84 Å². The lowest BCUT2D eigenvalue weighted by molar-refractivity contribution is 0.0707. The van der Waals surface area contributed by atoms with Gasteiger partial charge in [-0.25, -0.2) is 8.42 Å². The van der Waals surface area contributed by atoms with Crippen LogP contribution in [0.5, 0.6) is 0 Å². The second-order valence-corrected chi connectivity index (χ2v) is 17.4. The van der Waals surface area contributed by atoms with E-state index in [1.165, 1.54) is 4.68 Å². The Morgan fingerprint density at radius 1 is 1.11 bits per heavy atom. The van der Waals surface area contributed by atoms with Gasteiger partial charge in [-0.15, -0.1) is 0 Å². The standard InChI is InChI=1S/C25H42N4O4SSi/c1-10-22(32-7)19(2)16-17-23(33-35(8,9)25(4,5)6)20(3)18-34(30,31)24-26-27-28-29(24)21-14-12-11-13-15-21/h11-17,19-20,22-23H,10,18H2,1-9H3/b17-16+. The molecule has 0 spiro atoms. The molecule has 1 aromatic heterocycles. The molecule has 35 heavy (non-hydrogen) atoms. The minimum atomic E-state index is -3.79. The maximum atomic E-state index is 13.5. The van der Waals surface area contributed by atoms with Crippen LogP contribution in [0.4, 0.5) is 0 Å². The summed E-state index contributed by atoms with van der Waals surface area (Å²) < 4.78 is 40.5. The van der Waals surface area contributed by atoms with Gasteiger partial charge in [-0.2, -0.15) is 4.68 Å². The summed E-state index contributed by atoms with van der Waals surface area (Å²) in [4.78, 5) is 0. The first-order valence-electron chi connectivity index (χ1n) is 12.2. The molecule has 0 aliphatic carbocycles. The Kier molecular flexibility index (Phi) is 9.98. The Balaban J connectivity index is 2.35. The van der Waals surface area contributed by atoms with Gasteiger partial charge in [0.05, 0.1) is 23.6 Å². The predicted octanol–water partition coefficient (Wildman–Crippen LogP) is 5.08. The summed E-state index contributed by atoms with van der Waals surface area (Å²) in [5.74, 6) is -0.287. The third kappa shape index (κ3) is 7.55. The van der Waals surface area contributed by atoms with Crippen molar-refractivity contribution in [2.75, 3.05) is 12.9 Å². The number of hydrogen-bond donors (Lipinski definition) is 0. The largest absolute Gasteiger partial charge is 0.410 e. The number of tetrazole rings is 1. The van der Waals surface area contributed by atoms with Crippen molar-refractivity contribution in [3.8, 4) is 5.69 Å². The van der Waals surface area contributed by atoms with Crippen molar-refractivity contribution in [2.45, 2.75) is 83.5 Å². The summed E-state index contributed by atoms with van der Waals surface area (Å²) in [6.45, 7) is 17.0. The summed E-state index contributed by atoms with van der Waals surface area (Å²) in [7, 11) is -4.25. The van der Waals surface area contributed by atoms with E-state index in [1.54, 1.807) is 19.2 Å². The molecule has 0 aliphatic rings. The van der Waals surface area contributed by atoms with Crippen molar-refractivity contribution in [3.63, 3.8) is 0 Å². The van der Waals surface area contributed by atoms with E-state index in [9.17, 15) is 8.42 Å². The molecule has 4 atom stereocenters. The molecule has 0 fully saturated rings. The van der Waals surface area contributed by atoms with Crippen molar-refractivity contribution in [3.05, 3.63) is 42.5 Å². The Morgan fingerprint density at radius 3 is 2.29 bits per heavy atom. The zero-order valence-corrected chi connectivity index (χ0v) is 24.4. The Hall–Kier alpha value is -1.88. The Labute approximate surface area is 212 Å². The van der Waals surface area contributed by atoms with Crippen LogP contribution in [0.25, 0.3) is 5.69 Å². The molecule has 0 bridgehead atoms.